The van der Waals surface area contributed by atoms with Crippen LogP contribution in [-0.4, -0.2) is 56.3 Å². The molecule has 0 saturated carbocycles. The molecule has 0 aliphatic carbocycles. The molecule has 0 radical (unpaired) electrons. The van der Waals surface area contributed by atoms with Gasteiger partial charge in [-0.2, -0.15) is 0 Å². The average Bonchev–Trinajstić information content (AvgIpc) is 2.54. The van der Waals surface area contributed by atoms with Gasteiger partial charge >= 0.3 is 6.03 Å². The number of nitrogens with zero attached hydrogens (tertiary/aromatic N) is 2. The van der Waals surface area contributed by atoms with Crippen molar-refractivity contribution in [1.29, 1.82) is 0 Å². The van der Waals surface area contributed by atoms with E-state index in [0.29, 0.717) is 37.7 Å². The summed E-state index contributed by atoms with van der Waals surface area (Å²) in [5.74, 6) is 0.511. The molecule has 120 valence electrons. The zero-order chi connectivity index (χ0) is 16.1. The number of nitrogens with two attached hydrogens (primary N) is 1. The second-order valence-electron chi connectivity index (χ2n) is 5.09. The van der Waals surface area contributed by atoms with Gasteiger partial charge in [0.05, 0.1) is 13.2 Å². The maximum Gasteiger partial charge on any atom is 0.318 e. The third-order valence-electron chi connectivity index (χ3n) is 3.54. The summed E-state index contributed by atoms with van der Waals surface area (Å²) in [5, 5.41) is 0. The zero-order valence-corrected chi connectivity index (χ0v) is 12.8. The highest BCUT2D eigenvalue weighted by Crippen LogP contribution is 2.19. The Balaban J connectivity index is 1.95. The Kier molecular flexibility index (Phi) is 5.21. The topological polar surface area (TPSA) is 85.1 Å². The van der Waals surface area contributed by atoms with Gasteiger partial charge in [-0.25, -0.2) is 4.79 Å². The molecule has 0 bridgehead atoms. The van der Waals surface area contributed by atoms with E-state index in [1.807, 2.05) is 0 Å². The van der Waals surface area contributed by atoms with Gasteiger partial charge < -0.3 is 20.1 Å². The van der Waals surface area contributed by atoms with Crippen LogP contribution in [0.15, 0.2) is 24.3 Å². The molecule has 1 aliphatic heterocycles. The van der Waals surface area contributed by atoms with Crippen molar-refractivity contribution >= 4 is 17.6 Å². The van der Waals surface area contributed by atoms with E-state index in [1.165, 1.54) is 4.90 Å². The van der Waals surface area contributed by atoms with E-state index < -0.39 is 12.1 Å². The van der Waals surface area contributed by atoms with Crippen molar-refractivity contribution in [2.45, 2.75) is 13.0 Å². The number of ether oxygens (including phenoxy) is 2. The summed E-state index contributed by atoms with van der Waals surface area (Å²) >= 11 is 0. The van der Waals surface area contributed by atoms with Crippen LogP contribution in [0, 0.1) is 0 Å². The van der Waals surface area contributed by atoms with Crippen molar-refractivity contribution in [2.75, 3.05) is 38.3 Å². The molecule has 22 heavy (non-hydrogen) atoms. The maximum absolute atomic E-state index is 12.2. The SMILES string of the molecule is CC(Oc1ccc(N(C)C(N)=O)cc1)C(=O)N1CCOCC1. The summed E-state index contributed by atoms with van der Waals surface area (Å²) in [4.78, 5) is 26.4. The highest BCUT2D eigenvalue weighted by molar-refractivity contribution is 5.90. The highest BCUT2D eigenvalue weighted by atomic mass is 16.5. The van der Waals surface area contributed by atoms with Gasteiger partial charge in [0.1, 0.15) is 5.75 Å². The fourth-order valence-electron chi connectivity index (χ4n) is 2.17. The summed E-state index contributed by atoms with van der Waals surface area (Å²) < 4.78 is 10.9. The van der Waals surface area contributed by atoms with Crippen LogP contribution < -0.4 is 15.4 Å². The van der Waals surface area contributed by atoms with Gasteiger partial charge in [0, 0.05) is 25.8 Å². The Morgan fingerprint density at radius 2 is 1.86 bits per heavy atom. The molecule has 7 nitrogen and oxygen atoms in total. The number of hydrogen-bond acceptors (Lipinski definition) is 4. The van der Waals surface area contributed by atoms with Crippen LogP contribution in [0.2, 0.25) is 0 Å². The Hall–Kier alpha value is -2.28. The van der Waals surface area contributed by atoms with E-state index in [1.54, 1.807) is 43.1 Å². The van der Waals surface area contributed by atoms with Crippen LogP contribution in [0.25, 0.3) is 0 Å². The minimum Gasteiger partial charge on any atom is -0.481 e. The average molecular weight is 307 g/mol. The predicted molar refractivity (Wildman–Crippen MR) is 81.9 cm³/mol. The van der Waals surface area contributed by atoms with Gasteiger partial charge in [0.2, 0.25) is 0 Å². The second-order valence-corrected chi connectivity index (χ2v) is 5.09. The monoisotopic (exact) mass is 307 g/mol. The van der Waals surface area contributed by atoms with Gasteiger partial charge in [-0.1, -0.05) is 0 Å². The first-order valence-electron chi connectivity index (χ1n) is 7.15. The number of urea groups is 1. The fraction of sp³-hybridized carbons (Fsp3) is 0.467. The van der Waals surface area contributed by atoms with Crippen LogP contribution in [-0.2, 0) is 9.53 Å². The van der Waals surface area contributed by atoms with Crippen LogP contribution in [0.4, 0.5) is 10.5 Å². The molecule has 1 heterocycles. The molecule has 1 atom stereocenters. The molecule has 7 heteroatoms. The van der Waals surface area contributed by atoms with Gasteiger partial charge in [0.25, 0.3) is 5.91 Å². The molecule has 1 aliphatic rings. The molecule has 1 unspecified atom stereocenters. The summed E-state index contributed by atoms with van der Waals surface area (Å²) in [7, 11) is 1.59. The van der Waals surface area contributed by atoms with E-state index in [2.05, 4.69) is 0 Å². The van der Waals surface area contributed by atoms with E-state index in [0.717, 1.165) is 0 Å². The van der Waals surface area contributed by atoms with Gasteiger partial charge in [-0.3, -0.25) is 9.69 Å². The highest BCUT2D eigenvalue weighted by Gasteiger charge is 2.23. The smallest absolute Gasteiger partial charge is 0.318 e. The Bertz CT molecular complexity index is 526. The third-order valence-corrected chi connectivity index (χ3v) is 3.54. The number of carbonyl (C=O) groups excluding carboxylic acids is 2. The summed E-state index contributed by atoms with van der Waals surface area (Å²) in [6, 6.07) is 6.30. The first kappa shape index (κ1) is 16.1. The second kappa shape index (κ2) is 7.13. The molecule has 3 amide bonds. The molecule has 2 rings (SSSR count). The predicted octanol–water partition coefficient (Wildman–Crippen LogP) is 0.828. The number of rotatable bonds is 4. The van der Waals surface area contributed by atoms with E-state index in [-0.39, 0.29) is 5.91 Å². The number of amides is 3. The lowest BCUT2D eigenvalue weighted by molar-refractivity contribution is -0.142. The van der Waals surface area contributed by atoms with Crippen molar-refractivity contribution in [3.05, 3.63) is 24.3 Å². The molecular weight excluding hydrogens is 286 g/mol. The Morgan fingerprint density at radius 1 is 1.27 bits per heavy atom. The number of morpholine rings is 1. The van der Waals surface area contributed by atoms with Crippen molar-refractivity contribution in [2.24, 2.45) is 5.73 Å². The number of carbonyl (C=O) groups is 2. The molecule has 1 fully saturated rings. The number of hydrogen-bond donors (Lipinski definition) is 1. The molecule has 0 aromatic heterocycles. The van der Waals surface area contributed by atoms with Crippen molar-refractivity contribution in [1.82, 2.24) is 4.90 Å². The molecule has 0 spiro atoms. The Morgan fingerprint density at radius 3 is 2.41 bits per heavy atom. The largest absolute Gasteiger partial charge is 0.481 e. The summed E-state index contributed by atoms with van der Waals surface area (Å²) in [6.07, 6.45) is -0.571. The lowest BCUT2D eigenvalue weighted by atomic mass is 10.2. The quantitative estimate of drug-likeness (QED) is 0.892. The number of benzene rings is 1. The van der Waals surface area contributed by atoms with Crippen LogP contribution in [0.3, 0.4) is 0 Å². The van der Waals surface area contributed by atoms with Gasteiger partial charge in [-0.05, 0) is 31.2 Å². The normalized spacial score (nSPS) is 16.0. The molecule has 2 N–H and O–H groups in total. The van der Waals surface area contributed by atoms with Crippen molar-refractivity contribution in [3.63, 3.8) is 0 Å². The third kappa shape index (κ3) is 3.88. The first-order valence-corrected chi connectivity index (χ1v) is 7.15. The van der Waals surface area contributed by atoms with Crippen LogP contribution >= 0.6 is 0 Å². The molecule has 1 aromatic rings. The maximum atomic E-state index is 12.2. The van der Waals surface area contributed by atoms with Crippen LogP contribution in [0.1, 0.15) is 6.92 Å². The lowest BCUT2D eigenvalue weighted by Crippen LogP contribution is -2.46. The molecule has 1 aromatic carbocycles. The molecule has 1 saturated heterocycles. The lowest BCUT2D eigenvalue weighted by Gasteiger charge is -2.29. The summed E-state index contributed by atoms with van der Waals surface area (Å²) in [6.45, 7) is 4.03. The number of anilines is 1. The van der Waals surface area contributed by atoms with Crippen LogP contribution in [0.5, 0.6) is 5.75 Å². The summed E-state index contributed by atoms with van der Waals surface area (Å²) in [5.41, 5.74) is 5.86. The minimum absolute atomic E-state index is 0.0540. The van der Waals surface area contributed by atoms with Gasteiger partial charge in [-0.15, -0.1) is 0 Å². The van der Waals surface area contributed by atoms with Crippen molar-refractivity contribution < 1.29 is 19.1 Å². The van der Waals surface area contributed by atoms with E-state index in [4.69, 9.17) is 15.2 Å². The Labute approximate surface area is 129 Å². The zero-order valence-electron chi connectivity index (χ0n) is 12.8. The molecular formula is C15H21N3O4. The van der Waals surface area contributed by atoms with Gasteiger partial charge in [0.15, 0.2) is 6.10 Å². The standard InChI is InChI=1S/C15H21N3O4/c1-11(14(19)18-7-9-21-10-8-18)22-13-5-3-12(4-6-13)17(2)15(16)20/h3-6,11H,7-10H2,1-2H3,(H2,16,20). The van der Waals surface area contributed by atoms with E-state index in [9.17, 15) is 9.59 Å². The fourth-order valence-corrected chi connectivity index (χ4v) is 2.17. The minimum atomic E-state index is -0.571. The van der Waals surface area contributed by atoms with E-state index >= 15 is 0 Å². The number of primary amides is 1. The van der Waals surface area contributed by atoms with Crippen molar-refractivity contribution in [3.8, 4) is 5.75 Å². The first-order chi connectivity index (χ1) is 10.5.